The molecule has 0 fully saturated rings. The summed E-state index contributed by atoms with van der Waals surface area (Å²) in [7, 11) is 0. The molecule has 0 N–H and O–H groups in total. The number of para-hydroxylation sites is 1. The molecule has 10 heteroatoms. The van der Waals surface area contributed by atoms with E-state index in [9.17, 15) is 19.7 Å². The third-order valence-electron chi connectivity index (χ3n) is 5.50. The number of aromatic nitrogens is 1. The molecule has 3 aromatic rings. The van der Waals surface area contributed by atoms with Gasteiger partial charge in [0.15, 0.2) is 4.80 Å². The van der Waals surface area contributed by atoms with Gasteiger partial charge in [0.05, 0.1) is 38.9 Å². The number of carbonyl (C=O) groups is 1. The average Bonchev–Trinajstić information content (AvgIpc) is 3.17. The Morgan fingerprint density at radius 1 is 1.25 bits per heavy atom. The van der Waals surface area contributed by atoms with Crippen molar-refractivity contribution in [1.29, 1.82) is 0 Å². The smallest absolute Gasteiger partial charge is 0.338 e. The van der Waals surface area contributed by atoms with E-state index in [0.717, 1.165) is 11.3 Å². The Bertz CT molecular complexity index is 1550. The van der Waals surface area contributed by atoms with Gasteiger partial charge < -0.3 is 9.47 Å². The number of rotatable bonds is 8. The van der Waals surface area contributed by atoms with Crippen molar-refractivity contribution in [3.05, 3.63) is 113 Å². The molecule has 0 radical (unpaired) electrons. The molecule has 36 heavy (non-hydrogen) atoms. The van der Waals surface area contributed by atoms with Gasteiger partial charge in [0.25, 0.3) is 11.2 Å². The van der Waals surface area contributed by atoms with Crippen LogP contribution in [0.1, 0.15) is 31.0 Å². The number of hydrogen-bond donors (Lipinski definition) is 0. The first kappa shape index (κ1) is 24.8. The van der Waals surface area contributed by atoms with Crippen LogP contribution in [0.4, 0.5) is 5.69 Å². The van der Waals surface area contributed by atoms with Gasteiger partial charge in [0.2, 0.25) is 0 Å². The van der Waals surface area contributed by atoms with Crippen molar-refractivity contribution in [2.75, 3.05) is 13.2 Å². The van der Waals surface area contributed by atoms with Gasteiger partial charge in [0, 0.05) is 6.07 Å². The van der Waals surface area contributed by atoms with E-state index in [2.05, 4.69) is 11.6 Å². The second kappa shape index (κ2) is 10.5. The number of thiazole rings is 1. The minimum absolute atomic E-state index is 0.00765. The van der Waals surface area contributed by atoms with Gasteiger partial charge >= 0.3 is 5.97 Å². The van der Waals surface area contributed by atoms with Crippen molar-refractivity contribution in [1.82, 2.24) is 4.57 Å². The second-order valence-corrected chi connectivity index (χ2v) is 8.80. The molecule has 0 spiro atoms. The van der Waals surface area contributed by atoms with Crippen LogP contribution in [0.3, 0.4) is 0 Å². The minimum atomic E-state index is -0.804. The molecule has 1 aliphatic heterocycles. The maximum absolute atomic E-state index is 13.6. The van der Waals surface area contributed by atoms with Crippen LogP contribution in [0, 0.1) is 10.1 Å². The predicted octanol–water partition coefficient (Wildman–Crippen LogP) is 3.27. The number of fused-ring (bicyclic) bond motifs is 1. The van der Waals surface area contributed by atoms with Crippen molar-refractivity contribution in [3.8, 4) is 5.75 Å². The summed E-state index contributed by atoms with van der Waals surface area (Å²) in [5.41, 5.74) is 1.07. The highest BCUT2D eigenvalue weighted by Crippen LogP contribution is 2.31. The number of nitro groups is 1. The van der Waals surface area contributed by atoms with Crippen LogP contribution in [-0.2, 0) is 9.53 Å². The van der Waals surface area contributed by atoms with Crippen molar-refractivity contribution in [2.45, 2.75) is 19.9 Å². The normalized spacial score (nSPS) is 15.2. The third kappa shape index (κ3) is 4.76. The van der Waals surface area contributed by atoms with E-state index in [4.69, 9.17) is 9.47 Å². The molecule has 0 saturated carbocycles. The van der Waals surface area contributed by atoms with Crippen molar-refractivity contribution in [3.63, 3.8) is 0 Å². The SMILES string of the molecule is C=CCOC(=O)C1=C(C)N=c2sc(=Cc3ccccc3[N+](=O)[O-])c(=O)n2C1c1ccc(OCC)cc1. The number of ether oxygens (including phenoxy) is 2. The van der Waals surface area contributed by atoms with Crippen LogP contribution >= 0.6 is 11.3 Å². The van der Waals surface area contributed by atoms with Crippen LogP contribution in [-0.4, -0.2) is 28.7 Å². The van der Waals surface area contributed by atoms with Gasteiger partial charge in [-0.3, -0.25) is 19.5 Å². The Morgan fingerprint density at radius 3 is 2.64 bits per heavy atom. The Hall–Kier alpha value is -4.31. The van der Waals surface area contributed by atoms with E-state index in [1.165, 1.54) is 22.8 Å². The van der Waals surface area contributed by atoms with Gasteiger partial charge in [0.1, 0.15) is 12.4 Å². The molecule has 184 valence electrons. The number of nitro benzene ring substituents is 1. The highest BCUT2D eigenvalue weighted by atomic mass is 32.1. The van der Waals surface area contributed by atoms with Crippen LogP contribution in [0.5, 0.6) is 5.75 Å². The Morgan fingerprint density at radius 2 is 1.97 bits per heavy atom. The topological polar surface area (TPSA) is 113 Å². The van der Waals surface area contributed by atoms with E-state index < -0.39 is 22.5 Å². The molecule has 0 aliphatic carbocycles. The first-order valence-electron chi connectivity index (χ1n) is 11.1. The molecule has 2 heterocycles. The fourth-order valence-corrected chi connectivity index (χ4v) is 4.98. The summed E-state index contributed by atoms with van der Waals surface area (Å²) in [6.07, 6.45) is 2.94. The quantitative estimate of drug-likeness (QED) is 0.201. The Balaban J connectivity index is 1.93. The molecule has 1 aromatic heterocycles. The lowest BCUT2D eigenvalue weighted by atomic mass is 9.96. The number of esters is 1. The lowest BCUT2D eigenvalue weighted by Crippen LogP contribution is -2.39. The molecule has 0 bridgehead atoms. The van der Waals surface area contributed by atoms with Crippen molar-refractivity contribution in [2.24, 2.45) is 4.99 Å². The van der Waals surface area contributed by atoms with Crippen molar-refractivity contribution >= 4 is 29.1 Å². The highest BCUT2D eigenvalue weighted by Gasteiger charge is 2.33. The number of hydrogen-bond acceptors (Lipinski definition) is 8. The molecule has 9 nitrogen and oxygen atoms in total. The van der Waals surface area contributed by atoms with E-state index in [1.807, 2.05) is 6.92 Å². The maximum Gasteiger partial charge on any atom is 0.338 e. The fourth-order valence-electron chi connectivity index (χ4n) is 3.94. The largest absolute Gasteiger partial charge is 0.494 e. The summed E-state index contributed by atoms with van der Waals surface area (Å²) in [4.78, 5) is 42.5. The summed E-state index contributed by atoms with van der Waals surface area (Å²) >= 11 is 1.10. The molecule has 0 amide bonds. The predicted molar refractivity (Wildman–Crippen MR) is 136 cm³/mol. The van der Waals surface area contributed by atoms with Gasteiger partial charge in [-0.25, -0.2) is 9.79 Å². The Kier molecular flexibility index (Phi) is 7.25. The summed E-state index contributed by atoms with van der Waals surface area (Å²) in [6, 6.07) is 12.5. The van der Waals surface area contributed by atoms with Crippen LogP contribution in [0.25, 0.3) is 6.08 Å². The monoisotopic (exact) mass is 505 g/mol. The maximum atomic E-state index is 13.6. The molecule has 0 saturated heterocycles. The fraction of sp³-hybridized carbons (Fsp3) is 0.192. The first-order chi connectivity index (χ1) is 17.3. The van der Waals surface area contributed by atoms with Gasteiger partial charge in [-0.1, -0.05) is 48.3 Å². The average molecular weight is 506 g/mol. The molecule has 1 unspecified atom stereocenters. The van der Waals surface area contributed by atoms with E-state index >= 15 is 0 Å². The third-order valence-corrected chi connectivity index (χ3v) is 6.48. The second-order valence-electron chi connectivity index (χ2n) is 7.79. The summed E-state index contributed by atoms with van der Waals surface area (Å²) in [5, 5.41) is 11.5. The van der Waals surface area contributed by atoms with Gasteiger partial charge in [-0.05, 0) is 43.7 Å². The minimum Gasteiger partial charge on any atom is -0.494 e. The molecular formula is C26H23N3O6S. The van der Waals surface area contributed by atoms with Crippen molar-refractivity contribution < 1.29 is 19.2 Å². The van der Waals surface area contributed by atoms with Crippen LogP contribution in [0.2, 0.25) is 0 Å². The molecule has 1 atom stereocenters. The number of benzene rings is 2. The summed E-state index contributed by atoms with van der Waals surface area (Å²) in [6.45, 7) is 7.65. The molecular weight excluding hydrogens is 482 g/mol. The lowest BCUT2D eigenvalue weighted by Gasteiger charge is -2.24. The molecule has 2 aromatic carbocycles. The first-order valence-corrected chi connectivity index (χ1v) is 11.9. The van der Waals surface area contributed by atoms with Crippen LogP contribution < -0.4 is 19.6 Å². The van der Waals surface area contributed by atoms with Gasteiger partial charge in [-0.2, -0.15) is 0 Å². The zero-order chi connectivity index (χ0) is 25.8. The van der Waals surface area contributed by atoms with E-state index in [1.54, 1.807) is 49.4 Å². The standard InChI is InChI=1S/C26H23N3O6S/c1-4-14-35-25(31)22-16(3)27-26-28(23(22)17-10-12-19(13-11-17)34-5-2)24(30)21(36-26)15-18-8-6-7-9-20(18)29(32)33/h4,6-13,15,23H,1,5,14H2,2-3H3. The molecule has 1 aliphatic rings. The number of carbonyl (C=O) groups excluding carboxylic acids is 1. The number of allylic oxidation sites excluding steroid dienone is 1. The van der Waals surface area contributed by atoms with E-state index in [0.29, 0.717) is 34.0 Å². The van der Waals surface area contributed by atoms with Gasteiger partial charge in [-0.15, -0.1) is 0 Å². The van der Waals surface area contributed by atoms with E-state index in [-0.39, 0.29) is 22.4 Å². The Labute approximate surface area is 210 Å². The highest BCUT2D eigenvalue weighted by molar-refractivity contribution is 7.07. The molecule has 4 rings (SSSR count). The zero-order valence-electron chi connectivity index (χ0n) is 19.7. The lowest BCUT2D eigenvalue weighted by molar-refractivity contribution is -0.385. The number of nitrogens with zero attached hydrogens (tertiary/aromatic N) is 3. The zero-order valence-corrected chi connectivity index (χ0v) is 20.5. The summed E-state index contributed by atoms with van der Waals surface area (Å²) < 4.78 is 12.5. The van der Waals surface area contributed by atoms with Crippen LogP contribution in [0.15, 0.2) is 82.2 Å². The summed E-state index contributed by atoms with van der Waals surface area (Å²) in [5.74, 6) is 0.0459.